The molecule has 0 aliphatic heterocycles. The van der Waals surface area contributed by atoms with Gasteiger partial charge in [-0.25, -0.2) is 0 Å². The maximum absolute atomic E-state index is 12.6. The van der Waals surface area contributed by atoms with Gasteiger partial charge in [0.25, 0.3) is 0 Å². The lowest BCUT2D eigenvalue weighted by molar-refractivity contribution is 0.0818. The highest BCUT2D eigenvalue weighted by Gasteiger charge is 2.34. The van der Waals surface area contributed by atoms with Crippen LogP contribution in [-0.4, -0.2) is 29.3 Å². The van der Waals surface area contributed by atoms with Crippen LogP contribution in [-0.2, 0) is 0 Å². The first-order chi connectivity index (χ1) is 9.49. The molecule has 0 aromatic heterocycles. The zero-order valence-corrected chi connectivity index (χ0v) is 14.2. The molecule has 0 bridgehead atoms. The van der Waals surface area contributed by atoms with Gasteiger partial charge in [-0.15, -0.1) is 0 Å². The first-order valence-electron chi connectivity index (χ1n) is 7.54. The third-order valence-electron chi connectivity index (χ3n) is 3.99. The van der Waals surface area contributed by atoms with E-state index in [4.69, 9.17) is 0 Å². The number of Topliss-reactive ketones (excluding diaryl/α,β-unsaturated/α-hetero) is 1. The lowest BCUT2D eigenvalue weighted by atomic mass is 10.0. The number of ketones is 1. The highest BCUT2D eigenvalue weighted by Crippen LogP contribution is 2.30. The topological polar surface area (TPSA) is 20.3 Å². The van der Waals surface area contributed by atoms with Crippen LogP contribution in [0.4, 0.5) is 0 Å². The highest BCUT2D eigenvalue weighted by atomic mass is 79.9. The Morgan fingerprint density at radius 3 is 2.35 bits per heavy atom. The average Bonchev–Trinajstić information content (AvgIpc) is 3.23. The largest absolute Gasteiger partial charge is 0.292 e. The predicted molar refractivity (Wildman–Crippen MR) is 87.1 cm³/mol. The van der Waals surface area contributed by atoms with Gasteiger partial charge in [-0.2, -0.15) is 0 Å². The van der Waals surface area contributed by atoms with Crippen molar-refractivity contribution in [3.63, 3.8) is 0 Å². The SMILES string of the molecule is CC(C)CCN(C1CC1)C(C)C(=O)c1ccc(Br)cc1. The molecule has 1 aromatic carbocycles. The Bertz CT molecular complexity index is 451. The minimum Gasteiger partial charge on any atom is -0.292 e. The molecule has 1 aromatic rings. The number of nitrogens with zero attached hydrogens (tertiary/aromatic N) is 1. The molecule has 0 saturated heterocycles. The third kappa shape index (κ3) is 4.16. The van der Waals surface area contributed by atoms with Crippen molar-refractivity contribution in [2.24, 2.45) is 5.92 Å². The summed E-state index contributed by atoms with van der Waals surface area (Å²) in [5.74, 6) is 0.930. The number of benzene rings is 1. The average molecular weight is 338 g/mol. The van der Waals surface area contributed by atoms with Crippen LogP contribution in [0.25, 0.3) is 0 Å². The molecule has 0 amide bonds. The molecule has 1 unspecified atom stereocenters. The molecule has 0 spiro atoms. The molecule has 2 rings (SSSR count). The quantitative estimate of drug-likeness (QED) is 0.681. The second-order valence-electron chi connectivity index (χ2n) is 6.20. The normalized spacial score (nSPS) is 16.7. The van der Waals surface area contributed by atoms with Crippen molar-refractivity contribution in [2.45, 2.75) is 52.1 Å². The number of hydrogen-bond donors (Lipinski definition) is 0. The molecule has 1 saturated carbocycles. The van der Waals surface area contributed by atoms with Crippen LogP contribution in [0.5, 0.6) is 0 Å². The molecule has 0 heterocycles. The van der Waals surface area contributed by atoms with E-state index in [1.807, 2.05) is 24.3 Å². The highest BCUT2D eigenvalue weighted by molar-refractivity contribution is 9.10. The summed E-state index contributed by atoms with van der Waals surface area (Å²) < 4.78 is 1.01. The molecule has 1 aliphatic carbocycles. The maximum atomic E-state index is 12.6. The monoisotopic (exact) mass is 337 g/mol. The minimum absolute atomic E-state index is 0.0116. The van der Waals surface area contributed by atoms with Gasteiger partial charge in [-0.05, 0) is 50.8 Å². The summed E-state index contributed by atoms with van der Waals surface area (Å²) in [5, 5.41) is 0. The number of carbonyl (C=O) groups is 1. The number of hydrogen-bond acceptors (Lipinski definition) is 2. The van der Waals surface area contributed by atoms with Gasteiger partial charge in [-0.3, -0.25) is 9.69 Å². The first-order valence-corrected chi connectivity index (χ1v) is 8.34. The first kappa shape index (κ1) is 15.7. The van der Waals surface area contributed by atoms with Gasteiger partial charge in [0.1, 0.15) is 0 Å². The van der Waals surface area contributed by atoms with Crippen molar-refractivity contribution in [1.82, 2.24) is 4.90 Å². The maximum Gasteiger partial charge on any atom is 0.179 e. The lowest BCUT2D eigenvalue weighted by Gasteiger charge is -2.28. The summed E-state index contributed by atoms with van der Waals surface area (Å²) in [6.07, 6.45) is 3.65. The fourth-order valence-corrected chi connectivity index (χ4v) is 2.78. The molecular formula is C17H24BrNO. The van der Waals surface area contributed by atoms with E-state index in [1.54, 1.807) is 0 Å². The molecule has 3 heteroatoms. The zero-order chi connectivity index (χ0) is 14.7. The summed E-state index contributed by atoms with van der Waals surface area (Å²) in [7, 11) is 0. The van der Waals surface area contributed by atoms with Gasteiger partial charge in [0.15, 0.2) is 5.78 Å². The van der Waals surface area contributed by atoms with E-state index in [0.29, 0.717) is 12.0 Å². The van der Waals surface area contributed by atoms with Crippen molar-refractivity contribution < 1.29 is 4.79 Å². The Kier molecular flexibility index (Phi) is 5.39. The molecule has 1 fully saturated rings. The molecular weight excluding hydrogens is 314 g/mol. The van der Waals surface area contributed by atoms with Crippen LogP contribution in [0, 0.1) is 5.92 Å². The minimum atomic E-state index is -0.0116. The smallest absolute Gasteiger partial charge is 0.179 e. The summed E-state index contributed by atoms with van der Waals surface area (Å²) in [4.78, 5) is 15.0. The van der Waals surface area contributed by atoms with E-state index in [2.05, 4.69) is 41.6 Å². The fraction of sp³-hybridized carbons (Fsp3) is 0.588. The number of rotatable bonds is 7. The van der Waals surface area contributed by atoms with Gasteiger partial charge < -0.3 is 0 Å². The predicted octanol–water partition coefficient (Wildman–Crippen LogP) is 4.53. The Morgan fingerprint density at radius 2 is 1.85 bits per heavy atom. The van der Waals surface area contributed by atoms with Crippen LogP contribution < -0.4 is 0 Å². The van der Waals surface area contributed by atoms with Crippen molar-refractivity contribution in [3.8, 4) is 0 Å². The van der Waals surface area contributed by atoms with E-state index in [1.165, 1.54) is 12.8 Å². The zero-order valence-electron chi connectivity index (χ0n) is 12.6. The number of halogens is 1. The fourth-order valence-electron chi connectivity index (χ4n) is 2.51. The van der Waals surface area contributed by atoms with Crippen molar-refractivity contribution in [3.05, 3.63) is 34.3 Å². The standard InChI is InChI=1S/C17H24BrNO/c1-12(2)10-11-19(16-8-9-16)13(3)17(20)14-4-6-15(18)7-5-14/h4-7,12-13,16H,8-11H2,1-3H3. The second kappa shape index (κ2) is 6.86. The van der Waals surface area contributed by atoms with Gasteiger partial charge in [-0.1, -0.05) is 41.9 Å². The molecule has 0 N–H and O–H groups in total. The third-order valence-corrected chi connectivity index (χ3v) is 4.51. The lowest BCUT2D eigenvalue weighted by Crippen LogP contribution is -2.41. The molecule has 1 aliphatic rings. The summed E-state index contributed by atoms with van der Waals surface area (Å²) in [6.45, 7) is 7.58. The van der Waals surface area contributed by atoms with E-state index >= 15 is 0 Å². The Labute approximate surface area is 130 Å². The van der Waals surface area contributed by atoms with Gasteiger partial charge in [0, 0.05) is 16.1 Å². The molecule has 110 valence electrons. The summed E-state index contributed by atoms with van der Waals surface area (Å²) in [6, 6.07) is 8.32. The molecule has 20 heavy (non-hydrogen) atoms. The van der Waals surface area contributed by atoms with E-state index in [-0.39, 0.29) is 11.8 Å². The summed E-state index contributed by atoms with van der Waals surface area (Å²) >= 11 is 3.41. The van der Waals surface area contributed by atoms with Crippen molar-refractivity contribution >= 4 is 21.7 Å². The Hall–Kier alpha value is -0.670. The van der Waals surface area contributed by atoms with Gasteiger partial charge in [0.2, 0.25) is 0 Å². The van der Waals surface area contributed by atoms with Crippen LogP contribution in [0.15, 0.2) is 28.7 Å². The summed E-state index contributed by atoms with van der Waals surface area (Å²) in [5.41, 5.74) is 0.816. The van der Waals surface area contributed by atoms with E-state index < -0.39 is 0 Å². The van der Waals surface area contributed by atoms with Crippen molar-refractivity contribution in [1.29, 1.82) is 0 Å². The van der Waals surface area contributed by atoms with Crippen LogP contribution in [0.2, 0.25) is 0 Å². The van der Waals surface area contributed by atoms with E-state index in [9.17, 15) is 4.79 Å². The van der Waals surface area contributed by atoms with Crippen LogP contribution in [0.3, 0.4) is 0 Å². The Balaban J connectivity index is 2.04. The van der Waals surface area contributed by atoms with E-state index in [0.717, 1.165) is 23.0 Å². The number of carbonyl (C=O) groups excluding carboxylic acids is 1. The second-order valence-corrected chi connectivity index (χ2v) is 7.11. The Morgan fingerprint density at radius 1 is 1.25 bits per heavy atom. The van der Waals surface area contributed by atoms with Crippen molar-refractivity contribution in [2.75, 3.05) is 6.54 Å². The molecule has 0 radical (unpaired) electrons. The molecule has 1 atom stereocenters. The van der Waals surface area contributed by atoms with Crippen LogP contribution in [0.1, 0.15) is 50.4 Å². The van der Waals surface area contributed by atoms with Gasteiger partial charge >= 0.3 is 0 Å². The van der Waals surface area contributed by atoms with Crippen LogP contribution >= 0.6 is 15.9 Å². The van der Waals surface area contributed by atoms with Gasteiger partial charge in [0.05, 0.1) is 6.04 Å². The molecule has 2 nitrogen and oxygen atoms in total.